The third-order valence-electron chi connectivity index (χ3n) is 19.9. The summed E-state index contributed by atoms with van der Waals surface area (Å²) in [5.74, 6) is 2.52. The molecule has 0 saturated carbocycles. The summed E-state index contributed by atoms with van der Waals surface area (Å²) in [6.45, 7) is 11.1. The van der Waals surface area contributed by atoms with Crippen molar-refractivity contribution < 1.29 is 41.8 Å². The number of nitrogens with two attached hydrogens (primary N) is 3. The fraction of sp³-hybridized carbons (Fsp3) is 0.346. The Morgan fingerprint density at radius 3 is 0.972 bits per heavy atom. The molecule has 3 saturated heterocycles. The Morgan fingerprint density at radius 2 is 0.722 bits per heavy atom. The van der Waals surface area contributed by atoms with E-state index < -0.39 is 0 Å². The van der Waals surface area contributed by atoms with Crippen LogP contribution in [-0.4, -0.2) is 213 Å². The maximum absolute atomic E-state index is 15.0. The van der Waals surface area contributed by atoms with Gasteiger partial charge in [-0.15, -0.1) is 34.0 Å². The molecule has 12 aromatic rings. The molecular weight excluding hydrogens is 1440 g/mol. The van der Waals surface area contributed by atoms with Crippen molar-refractivity contribution in [3.63, 3.8) is 0 Å². The SMILES string of the molecule is COc1cc(C)c(F)c2cc(-c3cc(C4CCN(C(=O)/C=C/CN(C)C)C4)n4ncnc(N)c34)sc12.COc1cc(C)c(F)c2cc(-c3cc([C@@H]4CCN(C(=O)/C=C/CN(C)C)C4)n4ncnc(N)c34)sc12.COc1cc(C)c(F)c2cc(-c3cc([C@H]4CCN(C(=O)/C=C/CN(C)C)C4)n4ncnc(N)c34)sc12. The summed E-state index contributed by atoms with van der Waals surface area (Å²) < 4.78 is 69.3. The van der Waals surface area contributed by atoms with E-state index in [-0.39, 0.29) is 52.9 Å². The second kappa shape index (κ2) is 31.7. The van der Waals surface area contributed by atoms with Crippen LogP contribution in [0.25, 0.3) is 78.1 Å². The number of carbonyl (C=O) groups excluding carboxylic acids is 3. The van der Waals surface area contributed by atoms with Crippen molar-refractivity contribution in [1.29, 1.82) is 0 Å². The maximum atomic E-state index is 15.0. The monoisotopic (exact) mass is 1520 g/mol. The second-order valence-electron chi connectivity index (χ2n) is 28.2. The molecule has 30 heteroatoms. The number of anilines is 3. The Labute approximate surface area is 634 Å². The number of methoxy groups -OCH3 is 3. The normalized spacial score (nSPS) is 16.3. The van der Waals surface area contributed by atoms with E-state index in [1.54, 1.807) is 78.5 Å². The van der Waals surface area contributed by atoms with Gasteiger partial charge in [-0.1, -0.05) is 18.2 Å². The quantitative estimate of drug-likeness (QED) is 0.0674. The molecule has 0 radical (unpaired) electrons. The molecule has 12 heterocycles. The molecule has 0 aliphatic carbocycles. The van der Waals surface area contributed by atoms with Gasteiger partial charge in [0.25, 0.3) is 0 Å². The summed E-state index contributed by atoms with van der Waals surface area (Å²) in [4.78, 5) is 64.9. The number of nitrogens with zero attached hydrogens (tertiary/aromatic N) is 15. The van der Waals surface area contributed by atoms with Crippen LogP contribution in [0, 0.1) is 38.2 Å². The van der Waals surface area contributed by atoms with Crippen molar-refractivity contribution in [1.82, 2.24) is 73.2 Å². The number of nitrogen functional groups attached to an aromatic ring is 3. The summed E-state index contributed by atoms with van der Waals surface area (Å²) in [7, 11) is 16.6. The minimum Gasteiger partial charge on any atom is -0.495 e. The van der Waals surface area contributed by atoms with E-state index in [2.05, 4.69) is 48.4 Å². The lowest BCUT2D eigenvalue weighted by atomic mass is 10.0. The number of carbonyl (C=O) groups is 3. The first-order chi connectivity index (χ1) is 51.8. The van der Waals surface area contributed by atoms with Crippen LogP contribution in [-0.2, 0) is 14.4 Å². The van der Waals surface area contributed by atoms with Crippen molar-refractivity contribution in [2.75, 3.05) is 140 Å². The average molecular weight is 1530 g/mol. The van der Waals surface area contributed by atoms with Crippen LogP contribution < -0.4 is 31.4 Å². The molecule has 0 spiro atoms. The van der Waals surface area contributed by atoms with Gasteiger partial charge in [-0.05, 0) is 154 Å². The number of rotatable bonds is 18. The van der Waals surface area contributed by atoms with Gasteiger partial charge in [-0.2, -0.15) is 15.3 Å². The van der Waals surface area contributed by atoms with Gasteiger partial charge in [0.1, 0.15) is 70.2 Å². The first kappa shape index (κ1) is 75.7. The smallest absolute Gasteiger partial charge is 0.246 e. The molecule has 1 unspecified atom stereocenters. The van der Waals surface area contributed by atoms with E-state index in [0.29, 0.717) is 143 Å². The fourth-order valence-electron chi connectivity index (χ4n) is 14.4. The van der Waals surface area contributed by atoms with Gasteiger partial charge in [-0.25, -0.2) is 41.7 Å². The van der Waals surface area contributed by atoms with E-state index in [1.165, 1.54) is 53.0 Å². The molecule has 3 aliphatic heterocycles. The Bertz CT molecular complexity index is 5010. The number of likely N-dealkylation sites (tertiary alicyclic amines) is 3. The number of fused-ring (bicyclic) bond motifs is 6. The highest BCUT2D eigenvalue weighted by Crippen LogP contribution is 2.49. The highest BCUT2D eigenvalue weighted by molar-refractivity contribution is 7.23. The number of aryl methyl sites for hydroxylation is 3. The summed E-state index contributed by atoms with van der Waals surface area (Å²) in [6, 6.07) is 16.9. The number of halogens is 3. The van der Waals surface area contributed by atoms with Gasteiger partial charge >= 0.3 is 0 Å². The number of benzene rings is 3. The number of ether oxygens (including phenoxy) is 3. The molecule has 3 aromatic carbocycles. The van der Waals surface area contributed by atoms with Crippen molar-refractivity contribution in [2.45, 2.75) is 57.8 Å². The number of hydrogen-bond donors (Lipinski definition) is 3. The van der Waals surface area contributed by atoms with Crippen LogP contribution in [0.4, 0.5) is 30.6 Å². The molecule has 3 amide bonds. The molecule has 15 rings (SSSR count). The number of thiophene rings is 3. The van der Waals surface area contributed by atoms with Crippen molar-refractivity contribution in [3.05, 3.63) is 161 Å². The van der Waals surface area contributed by atoms with Crippen molar-refractivity contribution >= 4 is 116 Å². The van der Waals surface area contributed by atoms with E-state index >= 15 is 0 Å². The average Bonchev–Trinajstić information content (AvgIpc) is 1.60. The number of likely N-dealkylation sites (N-methyl/N-ethyl adjacent to an activating group) is 3. The van der Waals surface area contributed by atoms with Gasteiger partial charge in [0.15, 0.2) is 17.5 Å². The Morgan fingerprint density at radius 1 is 0.454 bits per heavy atom. The highest BCUT2D eigenvalue weighted by atomic mass is 32.1. The molecule has 9 aromatic heterocycles. The molecule has 0 bridgehead atoms. The molecule has 6 N–H and O–H groups in total. The van der Waals surface area contributed by atoms with Gasteiger partial charge in [0.05, 0.1) is 35.4 Å². The molecule has 3 atom stereocenters. The second-order valence-corrected chi connectivity index (χ2v) is 31.3. The summed E-state index contributed by atoms with van der Waals surface area (Å²) in [6.07, 6.45) is 17.3. The number of hydrogen-bond acceptors (Lipinski definition) is 21. The van der Waals surface area contributed by atoms with E-state index in [4.69, 9.17) is 31.4 Å². The minimum absolute atomic E-state index is 0.0111. The zero-order valence-corrected chi connectivity index (χ0v) is 64.8. The van der Waals surface area contributed by atoms with Gasteiger partial charge in [0.2, 0.25) is 17.7 Å². The van der Waals surface area contributed by atoms with Crippen LogP contribution in [0.2, 0.25) is 0 Å². The molecule has 3 aliphatic rings. The predicted molar refractivity (Wildman–Crippen MR) is 423 cm³/mol. The number of aromatic nitrogens is 9. The maximum Gasteiger partial charge on any atom is 0.246 e. The van der Waals surface area contributed by atoms with Crippen molar-refractivity contribution in [2.24, 2.45) is 0 Å². The van der Waals surface area contributed by atoms with Crippen LogP contribution >= 0.6 is 34.0 Å². The topological polar surface area (TPSA) is 267 Å². The largest absolute Gasteiger partial charge is 0.495 e. The molecule has 24 nitrogen and oxygen atoms in total. The van der Waals surface area contributed by atoms with E-state index in [0.717, 1.165) is 81.8 Å². The zero-order chi connectivity index (χ0) is 76.7. The lowest BCUT2D eigenvalue weighted by molar-refractivity contribution is -0.125. The first-order valence-corrected chi connectivity index (χ1v) is 37.8. The predicted octanol–water partition coefficient (Wildman–Crippen LogP) is 12.2. The lowest BCUT2D eigenvalue weighted by Crippen LogP contribution is -2.27. The third kappa shape index (κ3) is 15.0. The van der Waals surface area contributed by atoms with Crippen LogP contribution in [0.15, 0.2) is 110 Å². The first-order valence-electron chi connectivity index (χ1n) is 35.3. The van der Waals surface area contributed by atoms with Gasteiger partial charge in [-0.3, -0.25) is 14.4 Å². The van der Waals surface area contributed by atoms with Crippen molar-refractivity contribution in [3.8, 4) is 48.6 Å². The van der Waals surface area contributed by atoms with Crippen LogP contribution in [0.5, 0.6) is 17.2 Å². The van der Waals surface area contributed by atoms with Crippen LogP contribution in [0.1, 0.15) is 70.8 Å². The zero-order valence-electron chi connectivity index (χ0n) is 62.4. The summed E-state index contributed by atoms with van der Waals surface area (Å²) in [5, 5.41) is 15.1. The standard InChI is InChI=1S/3C26H29FN6O2S/c3*1-15-10-20(35-4)25-18(23(15)27)12-21(36-25)17-11-19(33-24(17)26(28)29-14-30-33)16-7-9-32(13-16)22(34)6-5-8-31(2)3/h3*5-6,10-12,14,16H,7-9,13H2,1-4H3,(H2,28,29,30)/b3*6-5+/t2*16-;/m10./s1. The molecule has 3 fully saturated rings. The molecule has 108 heavy (non-hydrogen) atoms. The Balaban J connectivity index is 0.000000143. The van der Waals surface area contributed by atoms with Gasteiger partial charge < -0.3 is 60.8 Å². The lowest BCUT2D eigenvalue weighted by Gasteiger charge is -2.14. The third-order valence-corrected chi connectivity index (χ3v) is 23.4. The summed E-state index contributed by atoms with van der Waals surface area (Å²) in [5.41, 5.74) is 28.0. The molecular formula is C78H87F3N18O6S3. The summed E-state index contributed by atoms with van der Waals surface area (Å²) >= 11 is 4.36. The van der Waals surface area contributed by atoms with E-state index in [1.807, 2.05) is 122 Å². The van der Waals surface area contributed by atoms with Crippen LogP contribution in [0.3, 0.4) is 0 Å². The Hall–Kier alpha value is -10.5. The highest BCUT2D eigenvalue weighted by Gasteiger charge is 2.35. The molecule has 564 valence electrons. The minimum atomic E-state index is -0.256. The fourth-order valence-corrected chi connectivity index (χ4v) is 17.9. The Kier molecular flexibility index (Phi) is 22.3. The van der Waals surface area contributed by atoms with E-state index in [9.17, 15) is 27.6 Å². The van der Waals surface area contributed by atoms with Gasteiger partial charge in [0, 0.05) is 159 Å². The number of amides is 3.